The fraction of sp³-hybridized carbons (Fsp3) is 0. The van der Waals surface area contributed by atoms with Gasteiger partial charge in [0.15, 0.2) is 5.43 Å². The largest absolute Gasteiger partial charge is 0.313 e. The SMILES string of the molecule is O=c1ccn(-c2ccccc2F)c2cc(F)ccc12. The molecule has 0 aliphatic heterocycles. The van der Waals surface area contributed by atoms with Crippen molar-refractivity contribution in [3.63, 3.8) is 0 Å². The highest BCUT2D eigenvalue weighted by Gasteiger charge is 2.08. The number of pyridine rings is 1. The summed E-state index contributed by atoms with van der Waals surface area (Å²) in [5.74, 6) is -0.903. The zero-order chi connectivity index (χ0) is 13.4. The molecule has 0 saturated heterocycles. The van der Waals surface area contributed by atoms with Gasteiger partial charge >= 0.3 is 0 Å². The highest BCUT2D eigenvalue weighted by atomic mass is 19.1. The predicted octanol–water partition coefficient (Wildman–Crippen LogP) is 3.27. The van der Waals surface area contributed by atoms with Crippen LogP contribution in [0.5, 0.6) is 0 Å². The van der Waals surface area contributed by atoms with Crippen LogP contribution >= 0.6 is 0 Å². The summed E-state index contributed by atoms with van der Waals surface area (Å²) in [7, 11) is 0. The van der Waals surface area contributed by atoms with E-state index in [0.29, 0.717) is 10.9 Å². The Balaban J connectivity index is 2.43. The minimum atomic E-state index is -0.469. The third-order valence-corrected chi connectivity index (χ3v) is 2.97. The molecule has 1 heterocycles. The van der Waals surface area contributed by atoms with Crippen LogP contribution in [0, 0.1) is 11.6 Å². The van der Waals surface area contributed by atoms with Gasteiger partial charge in [-0.15, -0.1) is 0 Å². The molecular weight excluding hydrogens is 248 g/mol. The summed E-state index contributed by atoms with van der Waals surface area (Å²) in [5, 5.41) is 0.354. The monoisotopic (exact) mass is 257 g/mol. The van der Waals surface area contributed by atoms with E-state index in [2.05, 4.69) is 0 Å². The van der Waals surface area contributed by atoms with Crippen molar-refractivity contribution < 1.29 is 8.78 Å². The number of fused-ring (bicyclic) bond motifs is 1. The molecule has 4 heteroatoms. The number of hydrogen-bond acceptors (Lipinski definition) is 1. The van der Waals surface area contributed by atoms with Crippen molar-refractivity contribution in [1.29, 1.82) is 0 Å². The molecule has 2 aromatic carbocycles. The standard InChI is InChI=1S/C15H9F2NO/c16-10-5-6-11-14(9-10)18(8-7-15(11)19)13-4-2-1-3-12(13)17/h1-9H. The zero-order valence-corrected chi connectivity index (χ0v) is 9.81. The minimum absolute atomic E-state index is 0.220. The fourth-order valence-corrected chi connectivity index (χ4v) is 2.08. The normalized spacial score (nSPS) is 10.8. The molecular formula is C15H9F2NO. The topological polar surface area (TPSA) is 22.0 Å². The van der Waals surface area contributed by atoms with Gasteiger partial charge in [0.2, 0.25) is 0 Å². The summed E-state index contributed by atoms with van der Waals surface area (Å²) >= 11 is 0. The lowest BCUT2D eigenvalue weighted by molar-refractivity contribution is 0.617. The molecule has 0 N–H and O–H groups in total. The van der Waals surface area contributed by atoms with E-state index in [0.717, 1.165) is 0 Å². The Labute approximate surface area is 107 Å². The molecule has 2 nitrogen and oxygen atoms in total. The Kier molecular flexibility index (Phi) is 2.63. The Bertz CT molecular complexity index is 824. The molecule has 0 aliphatic rings. The van der Waals surface area contributed by atoms with Gasteiger partial charge in [-0.05, 0) is 30.3 Å². The van der Waals surface area contributed by atoms with Gasteiger partial charge in [0.05, 0.1) is 11.2 Å². The van der Waals surface area contributed by atoms with Crippen molar-refractivity contribution in [2.75, 3.05) is 0 Å². The molecule has 0 aliphatic carbocycles. The smallest absolute Gasteiger partial charge is 0.189 e. The second-order valence-electron chi connectivity index (χ2n) is 4.16. The molecule has 3 aromatic rings. The first kappa shape index (κ1) is 11.6. The predicted molar refractivity (Wildman–Crippen MR) is 69.5 cm³/mol. The lowest BCUT2D eigenvalue weighted by atomic mass is 10.2. The highest BCUT2D eigenvalue weighted by Crippen LogP contribution is 2.19. The highest BCUT2D eigenvalue weighted by molar-refractivity contribution is 5.80. The van der Waals surface area contributed by atoms with E-state index < -0.39 is 11.6 Å². The van der Waals surface area contributed by atoms with Crippen molar-refractivity contribution in [2.24, 2.45) is 0 Å². The molecule has 0 saturated carbocycles. The molecule has 0 unspecified atom stereocenters. The van der Waals surface area contributed by atoms with Gasteiger partial charge in [0.25, 0.3) is 0 Å². The lowest BCUT2D eigenvalue weighted by Gasteiger charge is -2.11. The molecule has 0 radical (unpaired) electrons. The minimum Gasteiger partial charge on any atom is -0.313 e. The molecule has 0 amide bonds. The third-order valence-electron chi connectivity index (χ3n) is 2.97. The Hall–Kier alpha value is -2.49. The van der Waals surface area contributed by atoms with Crippen molar-refractivity contribution in [3.8, 4) is 5.69 Å². The molecule has 0 bridgehead atoms. The third kappa shape index (κ3) is 1.91. The first-order valence-corrected chi connectivity index (χ1v) is 5.72. The van der Waals surface area contributed by atoms with Gasteiger partial charge in [-0.1, -0.05) is 12.1 Å². The van der Waals surface area contributed by atoms with Crippen LogP contribution in [0.1, 0.15) is 0 Å². The van der Waals surface area contributed by atoms with Crippen molar-refractivity contribution in [2.45, 2.75) is 0 Å². The molecule has 19 heavy (non-hydrogen) atoms. The van der Waals surface area contributed by atoms with Gasteiger partial charge in [-0.3, -0.25) is 4.79 Å². The summed E-state index contributed by atoms with van der Waals surface area (Å²) in [6.45, 7) is 0. The zero-order valence-electron chi connectivity index (χ0n) is 9.81. The second kappa shape index (κ2) is 4.31. The van der Waals surface area contributed by atoms with Crippen molar-refractivity contribution in [1.82, 2.24) is 4.57 Å². The Morgan fingerprint density at radius 2 is 1.74 bits per heavy atom. The van der Waals surface area contributed by atoms with Crippen LogP contribution in [0.4, 0.5) is 8.78 Å². The number of para-hydroxylation sites is 1. The van der Waals surface area contributed by atoms with Crippen LogP contribution in [-0.2, 0) is 0 Å². The van der Waals surface area contributed by atoms with E-state index in [1.165, 1.54) is 41.1 Å². The maximum atomic E-state index is 13.8. The van der Waals surface area contributed by atoms with Crippen LogP contribution in [0.3, 0.4) is 0 Å². The lowest BCUT2D eigenvalue weighted by Crippen LogP contribution is -2.08. The number of benzene rings is 2. The first-order chi connectivity index (χ1) is 9.16. The van der Waals surface area contributed by atoms with Crippen molar-refractivity contribution >= 4 is 10.9 Å². The van der Waals surface area contributed by atoms with Crippen molar-refractivity contribution in [3.05, 3.63) is 76.6 Å². The summed E-state index contributed by atoms with van der Waals surface area (Å²) in [6.07, 6.45) is 1.45. The van der Waals surface area contributed by atoms with E-state index in [1.807, 2.05) is 0 Å². The molecule has 0 atom stereocenters. The summed E-state index contributed by atoms with van der Waals surface area (Å²) in [4.78, 5) is 11.7. The Morgan fingerprint density at radius 3 is 2.53 bits per heavy atom. The van der Waals surface area contributed by atoms with E-state index in [-0.39, 0.29) is 11.1 Å². The van der Waals surface area contributed by atoms with Crippen LogP contribution in [0.2, 0.25) is 0 Å². The number of rotatable bonds is 1. The number of hydrogen-bond donors (Lipinski definition) is 0. The fourth-order valence-electron chi connectivity index (χ4n) is 2.08. The maximum Gasteiger partial charge on any atom is 0.189 e. The molecule has 1 aromatic heterocycles. The van der Waals surface area contributed by atoms with Crippen LogP contribution in [0.15, 0.2) is 59.5 Å². The van der Waals surface area contributed by atoms with Gasteiger partial charge in [0.1, 0.15) is 11.6 Å². The first-order valence-electron chi connectivity index (χ1n) is 5.72. The van der Waals surface area contributed by atoms with Gasteiger partial charge in [-0.25, -0.2) is 8.78 Å². The summed E-state index contributed by atoms with van der Waals surface area (Å²) in [6, 6.07) is 11.3. The van der Waals surface area contributed by atoms with E-state index in [9.17, 15) is 13.6 Å². The molecule has 3 rings (SSSR count). The molecule has 0 spiro atoms. The average molecular weight is 257 g/mol. The second-order valence-corrected chi connectivity index (χ2v) is 4.16. The van der Waals surface area contributed by atoms with Crippen LogP contribution < -0.4 is 5.43 Å². The maximum absolute atomic E-state index is 13.8. The van der Waals surface area contributed by atoms with Gasteiger partial charge in [0, 0.05) is 17.6 Å². The van der Waals surface area contributed by atoms with E-state index >= 15 is 0 Å². The number of nitrogens with zero attached hydrogens (tertiary/aromatic N) is 1. The molecule has 0 fully saturated rings. The van der Waals surface area contributed by atoms with Gasteiger partial charge < -0.3 is 4.57 Å². The summed E-state index contributed by atoms with van der Waals surface area (Å²) in [5.41, 5.74) is 0.401. The van der Waals surface area contributed by atoms with Crippen LogP contribution in [-0.4, -0.2) is 4.57 Å². The summed E-state index contributed by atoms with van der Waals surface area (Å²) < 4.78 is 28.6. The number of halogens is 2. The average Bonchev–Trinajstić information content (AvgIpc) is 2.40. The quantitative estimate of drug-likeness (QED) is 0.655. The number of aromatic nitrogens is 1. The Morgan fingerprint density at radius 1 is 0.947 bits per heavy atom. The van der Waals surface area contributed by atoms with E-state index in [1.54, 1.807) is 18.2 Å². The van der Waals surface area contributed by atoms with Gasteiger partial charge in [-0.2, -0.15) is 0 Å². The van der Waals surface area contributed by atoms with E-state index in [4.69, 9.17) is 0 Å². The van der Waals surface area contributed by atoms with Crippen LogP contribution in [0.25, 0.3) is 16.6 Å². The molecule has 94 valence electrons.